The van der Waals surface area contributed by atoms with Crippen molar-refractivity contribution in [3.8, 4) is 0 Å². The van der Waals surface area contributed by atoms with Crippen molar-refractivity contribution in [1.82, 2.24) is 0 Å². The predicted molar refractivity (Wildman–Crippen MR) is 80.7 cm³/mol. The molecule has 18 heavy (non-hydrogen) atoms. The van der Waals surface area contributed by atoms with Gasteiger partial charge in [-0.2, -0.15) is 0 Å². The van der Waals surface area contributed by atoms with Crippen molar-refractivity contribution < 1.29 is 0 Å². The van der Waals surface area contributed by atoms with Gasteiger partial charge in [-0.1, -0.05) is 57.2 Å². The van der Waals surface area contributed by atoms with E-state index in [9.17, 15) is 0 Å². The van der Waals surface area contributed by atoms with Crippen LogP contribution in [0, 0.1) is 5.41 Å². The first-order valence-corrected chi connectivity index (χ1v) is 6.57. The molecule has 0 bridgehead atoms. The summed E-state index contributed by atoms with van der Waals surface area (Å²) in [4.78, 5) is 0. The lowest BCUT2D eigenvalue weighted by molar-refractivity contribution is 0.515. The van der Waals surface area contributed by atoms with E-state index < -0.39 is 0 Å². The summed E-state index contributed by atoms with van der Waals surface area (Å²) >= 11 is 5.94. The molecule has 0 spiro atoms. The van der Waals surface area contributed by atoms with Gasteiger partial charge in [0.1, 0.15) is 0 Å². The lowest BCUT2D eigenvalue weighted by Gasteiger charge is -2.23. The van der Waals surface area contributed by atoms with E-state index in [4.69, 9.17) is 11.6 Å². The smallest absolute Gasteiger partial charge is 0.0406 e. The molecule has 2 rings (SSSR count). The van der Waals surface area contributed by atoms with Gasteiger partial charge in [0, 0.05) is 5.02 Å². The molecule has 1 aliphatic rings. The van der Waals surface area contributed by atoms with Gasteiger partial charge < -0.3 is 0 Å². The first-order valence-electron chi connectivity index (χ1n) is 6.19. The van der Waals surface area contributed by atoms with Crippen LogP contribution in [0.15, 0.2) is 53.6 Å². The van der Waals surface area contributed by atoms with Crippen molar-refractivity contribution >= 4 is 17.2 Å². The molecule has 1 heteroatoms. The van der Waals surface area contributed by atoms with Gasteiger partial charge in [0.05, 0.1) is 0 Å². The Morgan fingerprint density at radius 2 is 1.61 bits per heavy atom. The van der Waals surface area contributed by atoms with Gasteiger partial charge in [0.15, 0.2) is 0 Å². The van der Waals surface area contributed by atoms with Gasteiger partial charge in [-0.15, -0.1) is 0 Å². The van der Waals surface area contributed by atoms with Crippen LogP contribution >= 0.6 is 11.6 Å². The molecule has 0 heterocycles. The number of halogens is 1. The highest BCUT2D eigenvalue weighted by atomic mass is 35.5. The van der Waals surface area contributed by atoms with E-state index in [2.05, 4.69) is 52.5 Å². The molecule has 1 aliphatic carbocycles. The third kappa shape index (κ3) is 2.30. The van der Waals surface area contributed by atoms with Crippen LogP contribution in [0.5, 0.6) is 0 Å². The second-order valence-electron chi connectivity index (χ2n) is 5.85. The molecule has 0 amide bonds. The van der Waals surface area contributed by atoms with E-state index in [-0.39, 0.29) is 5.41 Å². The summed E-state index contributed by atoms with van der Waals surface area (Å²) in [5.41, 5.74) is 6.32. The second kappa shape index (κ2) is 4.44. The molecule has 0 aromatic heterocycles. The molecule has 1 aromatic carbocycles. The lowest BCUT2D eigenvalue weighted by atomic mass is 9.82. The molecule has 0 N–H and O–H groups in total. The van der Waals surface area contributed by atoms with Crippen LogP contribution in [0.3, 0.4) is 0 Å². The minimum Gasteiger partial charge on any atom is -0.0908 e. The monoisotopic (exact) mass is 258 g/mol. The SMILES string of the molecule is C=C1C(C(C)(C)C)=CC(C)=C1c1ccc(Cl)cc1. The van der Waals surface area contributed by atoms with Gasteiger partial charge >= 0.3 is 0 Å². The van der Waals surface area contributed by atoms with E-state index in [1.807, 2.05) is 12.1 Å². The average Bonchev–Trinajstić information content (AvgIpc) is 2.56. The summed E-state index contributed by atoms with van der Waals surface area (Å²) in [7, 11) is 0. The van der Waals surface area contributed by atoms with Crippen molar-refractivity contribution in [3.63, 3.8) is 0 Å². The minimum atomic E-state index is 0.131. The fourth-order valence-corrected chi connectivity index (χ4v) is 2.56. The Morgan fingerprint density at radius 1 is 1.06 bits per heavy atom. The topological polar surface area (TPSA) is 0 Å². The Kier molecular flexibility index (Phi) is 3.25. The molecule has 94 valence electrons. The molecule has 0 saturated carbocycles. The largest absolute Gasteiger partial charge is 0.0908 e. The Morgan fingerprint density at radius 3 is 2.06 bits per heavy atom. The van der Waals surface area contributed by atoms with Gasteiger partial charge in [0.2, 0.25) is 0 Å². The van der Waals surface area contributed by atoms with Crippen molar-refractivity contribution in [3.05, 3.63) is 64.2 Å². The zero-order valence-electron chi connectivity index (χ0n) is 11.5. The van der Waals surface area contributed by atoms with Crippen molar-refractivity contribution in [1.29, 1.82) is 0 Å². The molecule has 1 aromatic rings. The van der Waals surface area contributed by atoms with Crippen molar-refractivity contribution in [2.24, 2.45) is 5.41 Å². The van der Waals surface area contributed by atoms with E-state index in [0.717, 1.165) is 10.6 Å². The van der Waals surface area contributed by atoms with Crippen molar-refractivity contribution in [2.75, 3.05) is 0 Å². The lowest BCUT2D eigenvalue weighted by Crippen LogP contribution is -2.09. The zero-order valence-corrected chi connectivity index (χ0v) is 12.2. The van der Waals surface area contributed by atoms with E-state index in [0.29, 0.717) is 0 Å². The number of hydrogen-bond acceptors (Lipinski definition) is 0. The maximum atomic E-state index is 5.94. The highest BCUT2D eigenvalue weighted by molar-refractivity contribution is 6.30. The summed E-state index contributed by atoms with van der Waals surface area (Å²) in [6, 6.07) is 7.98. The van der Waals surface area contributed by atoms with Gasteiger partial charge in [-0.25, -0.2) is 0 Å². The van der Waals surface area contributed by atoms with E-state index >= 15 is 0 Å². The molecule has 0 saturated heterocycles. The predicted octanol–water partition coefficient (Wildman–Crippen LogP) is 5.66. The maximum absolute atomic E-state index is 5.94. The zero-order chi connectivity index (χ0) is 13.5. The highest BCUT2D eigenvalue weighted by Crippen LogP contribution is 2.44. The average molecular weight is 259 g/mol. The second-order valence-corrected chi connectivity index (χ2v) is 6.29. The minimum absolute atomic E-state index is 0.131. The number of rotatable bonds is 1. The quantitative estimate of drug-likeness (QED) is 0.610. The van der Waals surface area contributed by atoms with Crippen LogP contribution in [0.1, 0.15) is 33.3 Å². The fraction of sp³-hybridized carbons (Fsp3) is 0.294. The van der Waals surface area contributed by atoms with Crippen LogP contribution in [0.25, 0.3) is 5.57 Å². The molecule has 0 unspecified atom stereocenters. The standard InChI is InChI=1S/C17H19Cl/c1-11-10-15(17(3,4)5)12(2)16(11)13-6-8-14(18)9-7-13/h6-10H,2H2,1,3-5H3. The number of hydrogen-bond donors (Lipinski definition) is 0. The Hall–Kier alpha value is -1.27. The van der Waals surface area contributed by atoms with Gasteiger partial charge in [-0.3, -0.25) is 0 Å². The van der Waals surface area contributed by atoms with Crippen LogP contribution in [-0.2, 0) is 0 Å². The number of allylic oxidation sites excluding steroid dienone is 5. The molecular formula is C17H19Cl. The van der Waals surface area contributed by atoms with Crippen molar-refractivity contribution in [2.45, 2.75) is 27.7 Å². The van der Waals surface area contributed by atoms with Crippen LogP contribution in [0.2, 0.25) is 5.02 Å². The van der Waals surface area contributed by atoms with Gasteiger partial charge in [-0.05, 0) is 52.3 Å². The molecule has 0 aliphatic heterocycles. The van der Waals surface area contributed by atoms with E-state index in [1.54, 1.807) is 0 Å². The Balaban J connectivity index is 2.42. The third-order valence-electron chi connectivity index (χ3n) is 3.32. The maximum Gasteiger partial charge on any atom is 0.0406 e. The molecule has 0 nitrogen and oxygen atoms in total. The summed E-state index contributed by atoms with van der Waals surface area (Å²) in [6.07, 6.45) is 2.26. The molecule has 0 radical (unpaired) electrons. The fourth-order valence-electron chi connectivity index (χ4n) is 2.44. The Labute approximate surface area is 115 Å². The first kappa shape index (κ1) is 13.2. The first-order chi connectivity index (χ1) is 8.30. The Bertz CT molecular complexity index is 548. The van der Waals surface area contributed by atoms with E-state index in [1.165, 1.54) is 22.3 Å². The van der Waals surface area contributed by atoms with Crippen LogP contribution < -0.4 is 0 Å². The van der Waals surface area contributed by atoms with Crippen LogP contribution in [-0.4, -0.2) is 0 Å². The van der Waals surface area contributed by atoms with Gasteiger partial charge in [0.25, 0.3) is 0 Å². The summed E-state index contributed by atoms with van der Waals surface area (Å²) in [6.45, 7) is 13.1. The van der Waals surface area contributed by atoms with Crippen LogP contribution in [0.4, 0.5) is 0 Å². The highest BCUT2D eigenvalue weighted by Gasteiger charge is 2.27. The number of benzene rings is 1. The summed E-state index contributed by atoms with van der Waals surface area (Å²) in [5.74, 6) is 0. The molecule has 0 fully saturated rings. The molecule has 0 atom stereocenters. The third-order valence-corrected chi connectivity index (χ3v) is 3.57. The summed E-state index contributed by atoms with van der Waals surface area (Å²) < 4.78 is 0. The normalized spacial score (nSPS) is 16.3. The molecular weight excluding hydrogens is 240 g/mol. The summed E-state index contributed by atoms with van der Waals surface area (Å²) in [5, 5.41) is 0.768.